The third kappa shape index (κ3) is 6.53. The normalized spacial score (nSPS) is 15.1. The molecule has 9 heteroatoms. The minimum absolute atomic E-state index is 0.121. The zero-order valence-corrected chi connectivity index (χ0v) is 20.2. The second-order valence-corrected chi connectivity index (χ2v) is 8.90. The lowest BCUT2D eigenvalue weighted by Gasteiger charge is -2.17. The summed E-state index contributed by atoms with van der Waals surface area (Å²) in [6.45, 7) is 0.478. The minimum atomic E-state index is -0.431. The summed E-state index contributed by atoms with van der Waals surface area (Å²) in [5.74, 6) is -0.583. The second kappa shape index (κ2) is 11.3. The Morgan fingerprint density at radius 1 is 0.971 bits per heavy atom. The lowest BCUT2D eigenvalue weighted by molar-refractivity contribution is -0.126. The van der Waals surface area contributed by atoms with Crippen molar-refractivity contribution in [3.05, 3.63) is 88.4 Å². The number of ether oxygens (including phenoxy) is 1. The van der Waals surface area contributed by atoms with Gasteiger partial charge in [0.2, 0.25) is 11.8 Å². The van der Waals surface area contributed by atoms with Crippen LogP contribution < -0.4 is 20.3 Å². The monoisotopic (exact) mass is 511 g/mol. The van der Waals surface area contributed by atoms with Gasteiger partial charge in [0.25, 0.3) is 5.91 Å². The SMILES string of the molecule is O=C(COc1ccc(N2C[C@H](C(=O)NCc3ccc(Cl)cc3)CC2=O)cc1)Nc1ccccc1Cl. The molecule has 1 heterocycles. The van der Waals surface area contributed by atoms with Gasteiger partial charge in [-0.2, -0.15) is 0 Å². The maximum Gasteiger partial charge on any atom is 0.262 e. The highest BCUT2D eigenvalue weighted by molar-refractivity contribution is 6.33. The van der Waals surface area contributed by atoms with Crippen LogP contribution in [0.1, 0.15) is 12.0 Å². The number of carbonyl (C=O) groups excluding carboxylic acids is 3. The predicted octanol–water partition coefficient (Wildman–Crippen LogP) is 4.68. The Morgan fingerprint density at radius 2 is 1.69 bits per heavy atom. The van der Waals surface area contributed by atoms with Crippen LogP contribution in [0, 0.1) is 5.92 Å². The molecule has 1 aliphatic rings. The average Bonchev–Trinajstić information content (AvgIpc) is 3.25. The number of anilines is 2. The number of para-hydroxylation sites is 1. The molecule has 1 fully saturated rings. The van der Waals surface area contributed by atoms with Gasteiger partial charge >= 0.3 is 0 Å². The van der Waals surface area contributed by atoms with Crippen LogP contribution in [-0.2, 0) is 20.9 Å². The molecule has 0 aromatic heterocycles. The molecule has 1 saturated heterocycles. The van der Waals surface area contributed by atoms with Gasteiger partial charge in [-0.15, -0.1) is 0 Å². The van der Waals surface area contributed by atoms with Crippen LogP contribution in [0.15, 0.2) is 72.8 Å². The van der Waals surface area contributed by atoms with E-state index in [4.69, 9.17) is 27.9 Å². The van der Waals surface area contributed by atoms with Crippen LogP contribution in [-0.4, -0.2) is 30.9 Å². The first kappa shape index (κ1) is 24.6. The molecule has 3 aromatic carbocycles. The summed E-state index contributed by atoms with van der Waals surface area (Å²) in [6, 6.07) is 21.0. The second-order valence-electron chi connectivity index (χ2n) is 8.06. The van der Waals surface area contributed by atoms with E-state index in [1.165, 1.54) is 0 Å². The zero-order valence-electron chi connectivity index (χ0n) is 18.7. The van der Waals surface area contributed by atoms with Crippen molar-refractivity contribution in [2.75, 3.05) is 23.4 Å². The Kier molecular flexibility index (Phi) is 7.90. The Morgan fingerprint density at radius 3 is 2.40 bits per heavy atom. The summed E-state index contributed by atoms with van der Waals surface area (Å²) < 4.78 is 5.53. The van der Waals surface area contributed by atoms with Crippen LogP contribution in [0.2, 0.25) is 10.0 Å². The van der Waals surface area contributed by atoms with Gasteiger partial charge in [-0.25, -0.2) is 0 Å². The van der Waals surface area contributed by atoms with Gasteiger partial charge in [0, 0.05) is 30.2 Å². The maximum atomic E-state index is 12.6. The van der Waals surface area contributed by atoms with E-state index in [0.717, 1.165) is 5.56 Å². The van der Waals surface area contributed by atoms with Crippen LogP contribution in [0.3, 0.4) is 0 Å². The number of halogens is 2. The molecule has 2 N–H and O–H groups in total. The predicted molar refractivity (Wildman–Crippen MR) is 136 cm³/mol. The third-order valence-corrected chi connectivity index (χ3v) is 6.12. The summed E-state index contributed by atoms with van der Waals surface area (Å²) in [4.78, 5) is 38.8. The molecule has 7 nitrogen and oxygen atoms in total. The molecule has 1 atom stereocenters. The van der Waals surface area contributed by atoms with Crippen molar-refractivity contribution in [2.24, 2.45) is 5.92 Å². The number of carbonyl (C=O) groups is 3. The summed E-state index contributed by atoms with van der Waals surface area (Å²) in [6.07, 6.45) is 0.146. The number of hydrogen-bond donors (Lipinski definition) is 2. The number of benzene rings is 3. The molecular formula is C26H23Cl2N3O4. The van der Waals surface area contributed by atoms with Crippen molar-refractivity contribution in [3.8, 4) is 5.75 Å². The first-order valence-corrected chi connectivity index (χ1v) is 11.7. The number of nitrogens with zero attached hydrogens (tertiary/aromatic N) is 1. The third-order valence-electron chi connectivity index (χ3n) is 5.54. The van der Waals surface area contributed by atoms with Crippen LogP contribution in [0.5, 0.6) is 5.75 Å². The Bertz CT molecular complexity index is 1220. The van der Waals surface area contributed by atoms with Gasteiger partial charge in [-0.3, -0.25) is 14.4 Å². The number of amides is 3. The molecule has 0 radical (unpaired) electrons. The van der Waals surface area contributed by atoms with Gasteiger partial charge < -0.3 is 20.3 Å². The molecule has 180 valence electrons. The summed E-state index contributed by atoms with van der Waals surface area (Å²) in [5.41, 5.74) is 2.10. The quantitative estimate of drug-likeness (QED) is 0.459. The van der Waals surface area contributed by atoms with Crippen LogP contribution in [0.4, 0.5) is 11.4 Å². The van der Waals surface area contributed by atoms with Crippen LogP contribution >= 0.6 is 23.2 Å². The molecule has 0 aliphatic carbocycles. The lowest BCUT2D eigenvalue weighted by atomic mass is 10.1. The first-order chi connectivity index (χ1) is 16.9. The van der Waals surface area contributed by atoms with Gasteiger partial charge in [-0.05, 0) is 54.1 Å². The number of nitrogens with one attached hydrogen (secondary N) is 2. The fourth-order valence-electron chi connectivity index (χ4n) is 3.69. The highest BCUT2D eigenvalue weighted by Gasteiger charge is 2.35. The first-order valence-electron chi connectivity index (χ1n) is 11.0. The van der Waals surface area contributed by atoms with E-state index in [2.05, 4.69) is 10.6 Å². The van der Waals surface area contributed by atoms with E-state index in [1.54, 1.807) is 65.6 Å². The molecule has 4 rings (SSSR count). The van der Waals surface area contributed by atoms with Crippen LogP contribution in [0.25, 0.3) is 0 Å². The fourth-order valence-corrected chi connectivity index (χ4v) is 4.00. The number of rotatable bonds is 8. The molecule has 3 amide bonds. The maximum absolute atomic E-state index is 12.6. The number of hydrogen-bond acceptors (Lipinski definition) is 4. The van der Waals surface area contributed by atoms with Gasteiger partial charge in [0.15, 0.2) is 6.61 Å². The molecule has 35 heavy (non-hydrogen) atoms. The van der Waals surface area contributed by atoms with Crippen molar-refractivity contribution in [3.63, 3.8) is 0 Å². The molecule has 1 aliphatic heterocycles. The van der Waals surface area contributed by atoms with E-state index >= 15 is 0 Å². The lowest BCUT2D eigenvalue weighted by Crippen LogP contribution is -2.32. The zero-order chi connectivity index (χ0) is 24.8. The van der Waals surface area contributed by atoms with E-state index < -0.39 is 5.92 Å². The van der Waals surface area contributed by atoms with Gasteiger partial charge in [0.05, 0.1) is 16.6 Å². The summed E-state index contributed by atoms with van der Waals surface area (Å²) >= 11 is 11.9. The molecule has 0 saturated carbocycles. The van der Waals surface area contributed by atoms with E-state index in [-0.39, 0.29) is 30.7 Å². The van der Waals surface area contributed by atoms with Crippen molar-refractivity contribution in [1.82, 2.24) is 5.32 Å². The Labute approximate surface area is 213 Å². The molecule has 0 bridgehead atoms. The van der Waals surface area contributed by atoms with E-state index in [9.17, 15) is 14.4 Å². The Balaban J connectivity index is 1.27. The molecular weight excluding hydrogens is 489 g/mol. The van der Waals surface area contributed by atoms with E-state index in [0.29, 0.717) is 40.3 Å². The standard InChI is InChI=1S/C26H23Cl2N3O4/c27-19-7-5-17(6-8-19)14-29-26(34)18-13-25(33)31(15-18)20-9-11-21(12-10-20)35-16-24(32)30-23-4-2-1-3-22(23)28/h1-12,18H,13-16H2,(H,29,34)(H,30,32)/t18-/m1/s1. The highest BCUT2D eigenvalue weighted by atomic mass is 35.5. The molecule has 0 unspecified atom stereocenters. The highest BCUT2D eigenvalue weighted by Crippen LogP contribution is 2.27. The molecule has 3 aromatic rings. The van der Waals surface area contributed by atoms with Gasteiger partial charge in [0.1, 0.15) is 5.75 Å². The summed E-state index contributed by atoms with van der Waals surface area (Å²) in [5, 5.41) is 6.65. The summed E-state index contributed by atoms with van der Waals surface area (Å²) in [7, 11) is 0. The van der Waals surface area contributed by atoms with Gasteiger partial charge in [-0.1, -0.05) is 47.5 Å². The molecule has 0 spiro atoms. The van der Waals surface area contributed by atoms with Crippen molar-refractivity contribution in [1.29, 1.82) is 0 Å². The van der Waals surface area contributed by atoms with Crippen molar-refractivity contribution < 1.29 is 19.1 Å². The van der Waals surface area contributed by atoms with E-state index in [1.807, 2.05) is 12.1 Å². The Hall–Kier alpha value is -3.55. The smallest absolute Gasteiger partial charge is 0.262 e. The average molecular weight is 512 g/mol. The largest absolute Gasteiger partial charge is 0.484 e. The minimum Gasteiger partial charge on any atom is -0.484 e. The topological polar surface area (TPSA) is 87.7 Å². The van der Waals surface area contributed by atoms with Crippen molar-refractivity contribution in [2.45, 2.75) is 13.0 Å². The fraction of sp³-hybridized carbons (Fsp3) is 0.192. The van der Waals surface area contributed by atoms with Crippen molar-refractivity contribution >= 4 is 52.3 Å².